The molecule has 0 saturated carbocycles. The van der Waals surface area contributed by atoms with Gasteiger partial charge in [-0.25, -0.2) is 0 Å². The molecule has 132 valence electrons. The normalized spacial score (nSPS) is 29.5. The van der Waals surface area contributed by atoms with Crippen molar-refractivity contribution < 1.29 is 0 Å². The Kier molecular flexibility index (Phi) is 6.34. The highest BCUT2D eigenvalue weighted by molar-refractivity contribution is 8.45. The highest BCUT2D eigenvalue weighted by atomic mass is 32.3. The molecule has 0 atom stereocenters. The second kappa shape index (κ2) is 7.70. The molecule has 4 aliphatic heterocycles. The van der Waals surface area contributed by atoms with Gasteiger partial charge in [-0.3, -0.25) is 0 Å². The van der Waals surface area contributed by atoms with Crippen LogP contribution in [0.5, 0.6) is 0 Å². The van der Waals surface area contributed by atoms with E-state index in [1.165, 1.54) is 21.5 Å². The summed E-state index contributed by atoms with van der Waals surface area (Å²) in [6.45, 7) is 10.1. The Balaban J connectivity index is 1.44. The molecule has 4 aliphatic rings. The summed E-state index contributed by atoms with van der Waals surface area (Å²) in [7, 11) is -1.97. The van der Waals surface area contributed by atoms with Gasteiger partial charge in [-0.1, -0.05) is 73.2 Å². The first-order chi connectivity index (χ1) is 11.3. The van der Waals surface area contributed by atoms with Crippen molar-refractivity contribution in [1.82, 2.24) is 0 Å². The summed E-state index contributed by atoms with van der Waals surface area (Å²) in [6, 6.07) is 0. The summed E-state index contributed by atoms with van der Waals surface area (Å²) in [6.07, 6.45) is 0. The lowest BCUT2D eigenvalue weighted by atomic mass is 11.2. The zero-order valence-corrected chi connectivity index (χ0v) is 22.6. The Bertz CT molecular complexity index is 560. The molecule has 0 aromatic rings. The van der Waals surface area contributed by atoms with E-state index in [0.29, 0.717) is 0 Å². The SMILES string of the molecule is C[Si]1(C)CSC2=C(SC1)SC(=C1SC3=C(SC[Si](C)(C)CS3)S1)S2. The van der Waals surface area contributed by atoms with Crippen molar-refractivity contribution in [3.05, 3.63) is 25.4 Å². The fourth-order valence-corrected chi connectivity index (χ4v) is 24.0. The van der Waals surface area contributed by atoms with Gasteiger partial charge in [-0.05, 0) is 21.5 Å². The van der Waals surface area contributed by atoms with Gasteiger partial charge in [0.1, 0.15) is 0 Å². The molecule has 0 saturated heterocycles. The van der Waals surface area contributed by atoms with Gasteiger partial charge in [0, 0.05) is 0 Å². The maximum atomic E-state index is 2.53. The molecule has 0 amide bonds. The van der Waals surface area contributed by atoms with Crippen LogP contribution in [0.3, 0.4) is 0 Å². The zero-order valence-electron chi connectivity index (χ0n) is 14.1. The van der Waals surface area contributed by atoms with Gasteiger partial charge in [-0.15, -0.1) is 47.0 Å². The molecule has 0 aromatic carbocycles. The molecule has 0 nitrogen and oxygen atoms in total. The second-order valence-electron chi connectivity index (χ2n) is 7.62. The standard InChI is InChI=1S/C14H20S8Si2/c1-23(2)5-15-9-10(16-6-23)20-13(19-9)14-21-11-12(22-14)18-8-24(3,4)7-17-11/h5-8H2,1-4H3. The summed E-state index contributed by atoms with van der Waals surface area (Å²) >= 11 is 16.8. The molecule has 0 fully saturated rings. The predicted molar refractivity (Wildman–Crippen MR) is 136 cm³/mol. The largest absolute Gasteiger partial charge is 0.120 e. The molecule has 4 heterocycles. The minimum Gasteiger partial charge on any atom is -0.120 e. The van der Waals surface area contributed by atoms with E-state index in [1.54, 1.807) is 25.4 Å². The quantitative estimate of drug-likeness (QED) is 0.304. The number of thioether (sulfide) groups is 8. The summed E-state index contributed by atoms with van der Waals surface area (Å²) in [5, 5.41) is 5.54. The predicted octanol–water partition coefficient (Wildman–Crippen LogP) is 7.86. The van der Waals surface area contributed by atoms with E-state index in [4.69, 9.17) is 0 Å². The van der Waals surface area contributed by atoms with Crippen molar-refractivity contribution in [2.24, 2.45) is 0 Å². The molecule has 4 rings (SSSR count). The van der Waals surface area contributed by atoms with E-state index in [0.717, 1.165) is 0 Å². The van der Waals surface area contributed by atoms with Crippen LogP contribution >= 0.6 is 94.1 Å². The van der Waals surface area contributed by atoms with Gasteiger partial charge in [-0.2, -0.15) is 0 Å². The van der Waals surface area contributed by atoms with Crippen LogP contribution in [-0.4, -0.2) is 37.7 Å². The third kappa shape index (κ3) is 4.54. The molecule has 24 heavy (non-hydrogen) atoms. The zero-order chi connectivity index (χ0) is 16.9. The van der Waals surface area contributed by atoms with E-state index in [9.17, 15) is 0 Å². The lowest BCUT2D eigenvalue weighted by Gasteiger charge is -2.19. The Hall–Kier alpha value is 2.45. The van der Waals surface area contributed by atoms with Crippen molar-refractivity contribution in [3.63, 3.8) is 0 Å². The van der Waals surface area contributed by atoms with Gasteiger partial charge in [0.05, 0.1) is 41.6 Å². The maximum absolute atomic E-state index is 2.53. The summed E-state index contributed by atoms with van der Waals surface area (Å²) in [5.74, 6) is 0. The molecule has 0 N–H and O–H groups in total. The average molecular weight is 501 g/mol. The molecule has 10 heteroatoms. The molecule has 0 aliphatic carbocycles. The van der Waals surface area contributed by atoms with Crippen LogP contribution < -0.4 is 0 Å². The van der Waals surface area contributed by atoms with Crippen molar-refractivity contribution in [2.75, 3.05) is 21.5 Å². The van der Waals surface area contributed by atoms with Crippen molar-refractivity contribution in [3.8, 4) is 0 Å². The Morgan fingerprint density at radius 1 is 0.458 bits per heavy atom. The fourth-order valence-electron chi connectivity index (χ4n) is 2.19. The fraction of sp³-hybridized carbons (Fsp3) is 0.571. The van der Waals surface area contributed by atoms with E-state index in [-0.39, 0.29) is 0 Å². The Morgan fingerprint density at radius 2 is 0.708 bits per heavy atom. The van der Waals surface area contributed by atoms with Gasteiger partial charge in [0.2, 0.25) is 0 Å². The lowest BCUT2D eigenvalue weighted by molar-refractivity contribution is 1.65. The lowest BCUT2D eigenvalue weighted by Crippen LogP contribution is -2.32. The first-order valence-electron chi connectivity index (χ1n) is 7.77. The van der Waals surface area contributed by atoms with Crippen LogP contribution in [0, 0.1) is 0 Å². The molecule has 0 bridgehead atoms. The van der Waals surface area contributed by atoms with E-state index in [1.807, 2.05) is 0 Å². The molecule has 0 radical (unpaired) electrons. The molecular formula is C14H20S8Si2. The minimum atomic E-state index is -0.985. The molecule has 0 spiro atoms. The summed E-state index contributed by atoms with van der Waals surface area (Å²) in [4.78, 5) is 0. The number of hydrogen-bond acceptors (Lipinski definition) is 8. The van der Waals surface area contributed by atoms with Crippen LogP contribution in [0.2, 0.25) is 26.2 Å². The average Bonchev–Trinajstić information content (AvgIpc) is 3.04. The first-order valence-corrected chi connectivity index (χ1v) is 21.8. The van der Waals surface area contributed by atoms with E-state index < -0.39 is 16.1 Å². The Morgan fingerprint density at radius 3 is 0.958 bits per heavy atom. The van der Waals surface area contributed by atoms with Crippen LogP contribution in [0.1, 0.15) is 0 Å². The molecule has 0 unspecified atom stereocenters. The third-order valence-corrected chi connectivity index (χ3v) is 28.4. The monoisotopic (exact) mass is 500 g/mol. The van der Waals surface area contributed by atoms with Gasteiger partial charge in [0.25, 0.3) is 0 Å². The number of rotatable bonds is 0. The van der Waals surface area contributed by atoms with E-state index >= 15 is 0 Å². The third-order valence-electron chi connectivity index (χ3n) is 3.62. The number of hydrogen-bond donors (Lipinski definition) is 0. The highest BCUT2D eigenvalue weighted by Crippen LogP contribution is 2.67. The van der Waals surface area contributed by atoms with Crippen LogP contribution in [0.15, 0.2) is 25.4 Å². The minimum absolute atomic E-state index is 0.985. The van der Waals surface area contributed by atoms with E-state index in [2.05, 4.69) is 120 Å². The second-order valence-corrected chi connectivity index (χ2v) is 29.3. The van der Waals surface area contributed by atoms with Crippen molar-refractivity contribution in [2.45, 2.75) is 26.2 Å². The van der Waals surface area contributed by atoms with Crippen molar-refractivity contribution >= 4 is 110 Å². The van der Waals surface area contributed by atoms with Crippen LogP contribution in [0.25, 0.3) is 0 Å². The molecule has 0 aromatic heterocycles. The van der Waals surface area contributed by atoms with Gasteiger partial charge < -0.3 is 0 Å². The van der Waals surface area contributed by atoms with Crippen molar-refractivity contribution in [1.29, 1.82) is 0 Å². The molecular weight excluding hydrogens is 481 g/mol. The smallest absolute Gasteiger partial charge is 0.0717 e. The van der Waals surface area contributed by atoms with Crippen LogP contribution in [0.4, 0.5) is 0 Å². The van der Waals surface area contributed by atoms with Gasteiger partial charge in [0.15, 0.2) is 0 Å². The first kappa shape index (κ1) is 19.8. The topological polar surface area (TPSA) is 0 Å². The maximum Gasteiger partial charge on any atom is 0.0717 e. The summed E-state index contributed by atoms with van der Waals surface area (Å²) < 4.78 is 9.51. The van der Waals surface area contributed by atoms with Crippen LogP contribution in [-0.2, 0) is 0 Å². The summed E-state index contributed by atoms with van der Waals surface area (Å²) in [5.41, 5.74) is 0. The highest BCUT2D eigenvalue weighted by Gasteiger charge is 2.36. The Labute approximate surface area is 181 Å². The van der Waals surface area contributed by atoms with Gasteiger partial charge >= 0.3 is 0 Å².